The third-order valence-electron chi connectivity index (χ3n) is 4.78. The van der Waals surface area contributed by atoms with Crippen molar-refractivity contribution in [2.75, 3.05) is 19.0 Å². The highest BCUT2D eigenvalue weighted by atomic mass is 35.5. The molecule has 0 aliphatic carbocycles. The van der Waals surface area contributed by atoms with E-state index in [4.69, 9.17) is 37.9 Å². The average molecular weight is 529 g/mol. The maximum absolute atomic E-state index is 12.1. The summed E-state index contributed by atoms with van der Waals surface area (Å²) in [5.41, 5.74) is 2.25. The summed E-state index contributed by atoms with van der Waals surface area (Å²) in [5.74, 6) is 1.28. The van der Waals surface area contributed by atoms with E-state index in [0.717, 1.165) is 4.88 Å². The highest BCUT2D eigenvalue weighted by Gasteiger charge is 2.18. The van der Waals surface area contributed by atoms with Gasteiger partial charge < -0.3 is 10.1 Å². The van der Waals surface area contributed by atoms with Crippen molar-refractivity contribution >= 4 is 45.7 Å². The lowest BCUT2D eigenvalue weighted by Gasteiger charge is -2.11. The molecule has 11 heteroatoms. The Morgan fingerprint density at radius 3 is 2.46 bits per heavy atom. The number of methoxy groups -OCH3 is 1. The Bertz CT molecular complexity index is 1320. The predicted molar refractivity (Wildman–Crippen MR) is 140 cm³/mol. The topological polar surface area (TPSA) is 102 Å². The molecule has 0 saturated heterocycles. The zero-order valence-electron chi connectivity index (χ0n) is 19.2. The summed E-state index contributed by atoms with van der Waals surface area (Å²) >= 11 is 14.4. The molecule has 0 saturated carbocycles. The Kier molecular flexibility index (Phi) is 7.80. The smallest absolute Gasteiger partial charge is 0.321 e. The summed E-state index contributed by atoms with van der Waals surface area (Å²) in [6, 6.07) is 10.3. The van der Waals surface area contributed by atoms with Gasteiger partial charge in [-0.15, -0.1) is 0 Å². The molecule has 35 heavy (non-hydrogen) atoms. The van der Waals surface area contributed by atoms with Gasteiger partial charge in [0.05, 0.1) is 33.4 Å². The van der Waals surface area contributed by atoms with Gasteiger partial charge in [0.25, 0.3) is 0 Å². The number of thiazole rings is 1. The quantitative estimate of drug-likeness (QED) is 0.286. The van der Waals surface area contributed by atoms with Gasteiger partial charge in [-0.25, -0.2) is 19.7 Å². The Morgan fingerprint density at radius 1 is 1.06 bits per heavy atom. The van der Waals surface area contributed by atoms with Gasteiger partial charge in [-0.2, -0.15) is 0 Å². The molecule has 8 nitrogen and oxygen atoms in total. The van der Waals surface area contributed by atoms with E-state index in [2.05, 4.69) is 20.6 Å². The van der Waals surface area contributed by atoms with Crippen molar-refractivity contribution in [2.24, 2.45) is 5.92 Å². The molecule has 3 heterocycles. The average Bonchev–Trinajstić information content (AvgIpc) is 3.31. The number of nitrogens with one attached hydrogen (secondary N) is 2. The molecule has 3 aromatic heterocycles. The summed E-state index contributed by atoms with van der Waals surface area (Å²) in [4.78, 5) is 31.0. The second-order valence-corrected chi connectivity index (χ2v) is 9.75. The molecule has 0 fully saturated rings. The summed E-state index contributed by atoms with van der Waals surface area (Å²) in [5, 5.41) is 6.78. The second-order valence-electron chi connectivity index (χ2n) is 7.90. The molecule has 0 radical (unpaired) electrons. The summed E-state index contributed by atoms with van der Waals surface area (Å²) < 4.78 is 5.26. The first kappa shape index (κ1) is 24.8. The molecule has 2 amide bonds. The van der Waals surface area contributed by atoms with E-state index in [-0.39, 0.29) is 6.03 Å². The fourth-order valence-electron chi connectivity index (χ4n) is 3.11. The van der Waals surface area contributed by atoms with Crippen molar-refractivity contribution in [3.05, 3.63) is 58.8 Å². The van der Waals surface area contributed by atoms with Gasteiger partial charge in [0.1, 0.15) is 11.4 Å². The van der Waals surface area contributed by atoms with Crippen LogP contribution in [0.5, 0.6) is 5.75 Å². The molecular formula is C24H22Cl2N6O2S. The lowest BCUT2D eigenvalue weighted by molar-refractivity contribution is 0.251. The van der Waals surface area contributed by atoms with Crippen LogP contribution >= 0.6 is 34.5 Å². The van der Waals surface area contributed by atoms with Crippen molar-refractivity contribution in [2.45, 2.75) is 13.8 Å². The first-order valence-electron chi connectivity index (χ1n) is 10.7. The molecule has 0 atom stereocenters. The molecule has 0 bridgehead atoms. The number of hydrogen-bond donors (Lipinski definition) is 2. The lowest BCUT2D eigenvalue weighted by atomic mass is 10.1. The van der Waals surface area contributed by atoms with Crippen LogP contribution in [0.15, 0.2) is 48.8 Å². The predicted octanol–water partition coefficient (Wildman–Crippen LogP) is 6.42. The number of aromatic nitrogens is 4. The molecule has 2 N–H and O–H groups in total. The number of hydrogen-bond acceptors (Lipinski definition) is 7. The molecule has 180 valence electrons. The fraction of sp³-hybridized carbons (Fsp3) is 0.208. The van der Waals surface area contributed by atoms with E-state index in [1.54, 1.807) is 37.7 Å². The van der Waals surface area contributed by atoms with Crippen molar-refractivity contribution in [3.63, 3.8) is 0 Å². The number of rotatable bonds is 7. The summed E-state index contributed by atoms with van der Waals surface area (Å²) in [7, 11) is 1.54. The van der Waals surface area contributed by atoms with E-state index in [9.17, 15) is 4.79 Å². The van der Waals surface area contributed by atoms with Crippen LogP contribution in [0.25, 0.3) is 33.3 Å². The summed E-state index contributed by atoms with van der Waals surface area (Å²) in [6.07, 6.45) is 3.32. The maximum Gasteiger partial charge on any atom is 0.321 e. The zero-order chi connectivity index (χ0) is 24.9. The highest BCUT2D eigenvalue weighted by Crippen LogP contribution is 2.39. The fourth-order valence-corrected chi connectivity index (χ4v) is 4.54. The van der Waals surface area contributed by atoms with Crippen LogP contribution < -0.4 is 15.4 Å². The summed E-state index contributed by atoms with van der Waals surface area (Å²) in [6.45, 7) is 4.61. The maximum atomic E-state index is 12.1. The van der Waals surface area contributed by atoms with Gasteiger partial charge in [0, 0.05) is 24.5 Å². The minimum Gasteiger partial charge on any atom is -0.497 e. The lowest BCUT2D eigenvalue weighted by Crippen LogP contribution is -2.31. The zero-order valence-corrected chi connectivity index (χ0v) is 21.5. The number of carbonyl (C=O) groups is 1. The first-order chi connectivity index (χ1) is 16.8. The third kappa shape index (κ3) is 6.05. The van der Waals surface area contributed by atoms with Gasteiger partial charge in [0.15, 0.2) is 11.0 Å². The normalized spacial score (nSPS) is 10.9. The van der Waals surface area contributed by atoms with Crippen LogP contribution in [0, 0.1) is 5.92 Å². The second kappa shape index (κ2) is 11.0. The van der Waals surface area contributed by atoms with Crippen molar-refractivity contribution < 1.29 is 9.53 Å². The largest absolute Gasteiger partial charge is 0.497 e. The van der Waals surface area contributed by atoms with Gasteiger partial charge in [0.2, 0.25) is 0 Å². The number of pyridine rings is 1. The van der Waals surface area contributed by atoms with Crippen LogP contribution in [-0.4, -0.2) is 39.6 Å². The van der Waals surface area contributed by atoms with Crippen molar-refractivity contribution in [1.82, 2.24) is 25.3 Å². The number of benzene rings is 1. The number of carbonyl (C=O) groups excluding carboxylic acids is 1. The molecule has 0 aliphatic rings. The van der Waals surface area contributed by atoms with Gasteiger partial charge in [-0.1, -0.05) is 54.5 Å². The van der Waals surface area contributed by atoms with E-state index in [1.807, 2.05) is 32.0 Å². The molecule has 0 aliphatic heterocycles. The van der Waals surface area contributed by atoms with E-state index in [1.165, 1.54) is 11.3 Å². The molecule has 4 rings (SSSR count). The molecule has 0 unspecified atom stereocenters. The van der Waals surface area contributed by atoms with Gasteiger partial charge in [-0.05, 0) is 36.2 Å². The minimum absolute atomic E-state index is 0.311. The van der Waals surface area contributed by atoms with Crippen molar-refractivity contribution in [3.8, 4) is 39.1 Å². The number of halogens is 2. The van der Waals surface area contributed by atoms with Gasteiger partial charge in [-0.3, -0.25) is 10.3 Å². The number of ether oxygens (including phenoxy) is 1. The van der Waals surface area contributed by atoms with Crippen LogP contribution in [0.1, 0.15) is 13.8 Å². The third-order valence-corrected chi connectivity index (χ3v) is 6.31. The van der Waals surface area contributed by atoms with E-state index < -0.39 is 0 Å². The highest BCUT2D eigenvalue weighted by molar-refractivity contribution is 7.19. The Balaban J connectivity index is 1.75. The molecular weight excluding hydrogens is 507 g/mol. The van der Waals surface area contributed by atoms with Crippen molar-refractivity contribution in [1.29, 1.82) is 0 Å². The molecule has 0 spiro atoms. The van der Waals surface area contributed by atoms with E-state index in [0.29, 0.717) is 61.9 Å². The molecule has 1 aromatic carbocycles. The van der Waals surface area contributed by atoms with E-state index >= 15 is 0 Å². The SMILES string of the molecule is COc1cc(Cl)c(-c2cc(-c3cnc(NC(=O)NCC(C)C)s3)nc(-c3ccccn3)n2)c(Cl)c1. The van der Waals surface area contributed by atoms with Crippen LogP contribution in [0.4, 0.5) is 9.93 Å². The Hall–Kier alpha value is -3.27. The Morgan fingerprint density at radius 2 is 1.80 bits per heavy atom. The van der Waals surface area contributed by atoms with Crippen LogP contribution in [0.2, 0.25) is 10.0 Å². The number of amides is 2. The number of nitrogens with zero attached hydrogens (tertiary/aromatic N) is 4. The van der Waals surface area contributed by atoms with Gasteiger partial charge >= 0.3 is 6.03 Å². The van der Waals surface area contributed by atoms with Crippen LogP contribution in [0.3, 0.4) is 0 Å². The standard InChI is InChI=1S/C24H22Cl2N6O2S/c1-13(2)11-28-23(33)32-24-29-12-20(35-24)18-10-19(21-15(25)8-14(34-3)9-16(21)26)31-22(30-18)17-6-4-5-7-27-17/h4-10,12-13H,11H2,1-3H3,(H2,28,29,32,33). The number of urea groups is 1. The Labute approximate surface area is 216 Å². The monoisotopic (exact) mass is 528 g/mol. The van der Waals surface area contributed by atoms with Crippen LogP contribution in [-0.2, 0) is 0 Å². The number of anilines is 1. The molecule has 4 aromatic rings. The minimum atomic E-state index is -0.311. The first-order valence-corrected chi connectivity index (χ1v) is 12.3.